The Morgan fingerprint density at radius 2 is 2.08 bits per heavy atom. The zero-order valence-corrected chi connectivity index (χ0v) is 12.4. The van der Waals surface area contributed by atoms with Gasteiger partial charge in [0.15, 0.2) is 5.60 Å². The predicted octanol–water partition coefficient (Wildman–Crippen LogP) is 3.04. The lowest BCUT2D eigenvalue weighted by molar-refractivity contribution is -0.389. The average molecular weight is 343 g/mol. The van der Waals surface area contributed by atoms with Gasteiger partial charge in [0.25, 0.3) is 0 Å². The van der Waals surface area contributed by atoms with Gasteiger partial charge in [-0.3, -0.25) is 4.57 Å². The number of hydrogen-bond donors (Lipinski definition) is 0. The molecule has 1 aromatic carbocycles. The summed E-state index contributed by atoms with van der Waals surface area (Å²) in [6.45, 7) is 2.05. The van der Waals surface area contributed by atoms with Crippen LogP contribution >= 0.6 is 0 Å². The first kappa shape index (κ1) is 16.1. The fourth-order valence-electron chi connectivity index (χ4n) is 2.33. The number of fused-ring (bicyclic) bond motifs is 1. The van der Waals surface area contributed by atoms with Crippen molar-refractivity contribution in [2.45, 2.75) is 25.2 Å². The van der Waals surface area contributed by atoms with Gasteiger partial charge in [-0.25, -0.2) is 0 Å². The molecule has 2 heterocycles. The maximum Gasteiger partial charge on any atom is 0.416 e. The minimum absolute atomic E-state index is 0.0511. The molecular formula is C14H12F3N3O4. The van der Waals surface area contributed by atoms with E-state index in [0.717, 1.165) is 12.1 Å². The summed E-state index contributed by atoms with van der Waals surface area (Å²) in [5.74, 6) is -0.0425. The van der Waals surface area contributed by atoms with Crippen LogP contribution in [0.3, 0.4) is 0 Å². The molecule has 24 heavy (non-hydrogen) atoms. The van der Waals surface area contributed by atoms with Crippen LogP contribution in [-0.2, 0) is 12.7 Å². The highest BCUT2D eigenvalue weighted by Crippen LogP contribution is 2.33. The van der Waals surface area contributed by atoms with Crippen molar-refractivity contribution >= 4 is 5.82 Å². The van der Waals surface area contributed by atoms with Crippen molar-refractivity contribution in [3.05, 3.63) is 46.1 Å². The number of benzene rings is 1. The van der Waals surface area contributed by atoms with Gasteiger partial charge in [0.2, 0.25) is 0 Å². The van der Waals surface area contributed by atoms with E-state index in [1.165, 1.54) is 22.9 Å². The quantitative estimate of drug-likeness (QED) is 0.630. The molecule has 0 N–H and O–H groups in total. The molecule has 1 aliphatic heterocycles. The summed E-state index contributed by atoms with van der Waals surface area (Å²) >= 11 is 0. The number of imidazole rings is 1. The second-order valence-corrected chi connectivity index (χ2v) is 5.63. The molecule has 0 bridgehead atoms. The van der Waals surface area contributed by atoms with E-state index < -0.39 is 22.3 Å². The molecule has 0 fully saturated rings. The maximum atomic E-state index is 12.5. The average Bonchev–Trinajstić information content (AvgIpc) is 3.00. The smallest absolute Gasteiger partial charge is 0.416 e. The first-order chi connectivity index (χ1) is 11.2. The van der Waals surface area contributed by atoms with E-state index in [0.29, 0.717) is 0 Å². The van der Waals surface area contributed by atoms with Crippen molar-refractivity contribution in [2.24, 2.45) is 0 Å². The third-order valence-electron chi connectivity index (χ3n) is 3.48. The lowest BCUT2D eigenvalue weighted by Gasteiger charge is -2.22. The van der Waals surface area contributed by atoms with Crippen molar-refractivity contribution < 1.29 is 27.6 Å². The lowest BCUT2D eigenvalue weighted by Crippen LogP contribution is -2.38. The SMILES string of the molecule is C[C@]1(COc2ccc(C(F)(F)F)cc2)Cn2cc([N+](=O)[O-])nc2O1. The van der Waals surface area contributed by atoms with Crippen LogP contribution in [0.1, 0.15) is 12.5 Å². The number of nitro groups is 1. The highest BCUT2D eigenvalue weighted by atomic mass is 19.4. The Hall–Kier alpha value is -2.78. The number of hydrogen-bond acceptors (Lipinski definition) is 5. The topological polar surface area (TPSA) is 79.4 Å². The molecule has 2 aromatic rings. The van der Waals surface area contributed by atoms with Gasteiger partial charge in [0.05, 0.1) is 12.1 Å². The third-order valence-corrected chi connectivity index (χ3v) is 3.48. The molecule has 0 aliphatic carbocycles. The van der Waals surface area contributed by atoms with Crippen LogP contribution in [0.15, 0.2) is 30.5 Å². The summed E-state index contributed by atoms with van der Waals surface area (Å²) in [6.07, 6.45) is -3.14. The minimum Gasteiger partial charge on any atom is -0.489 e. The minimum atomic E-state index is -4.40. The predicted molar refractivity (Wildman–Crippen MR) is 74.9 cm³/mol. The molecule has 3 rings (SSSR count). The molecule has 10 heteroatoms. The van der Waals surface area contributed by atoms with Crippen molar-refractivity contribution in [3.8, 4) is 11.8 Å². The number of aromatic nitrogens is 2. The van der Waals surface area contributed by atoms with Gasteiger partial charge >= 0.3 is 18.0 Å². The summed E-state index contributed by atoms with van der Waals surface area (Å²) in [6, 6.07) is 4.43. The Balaban J connectivity index is 1.63. The van der Waals surface area contributed by atoms with E-state index in [9.17, 15) is 23.3 Å². The second-order valence-electron chi connectivity index (χ2n) is 5.63. The zero-order valence-electron chi connectivity index (χ0n) is 12.4. The maximum absolute atomic E-state index is 12.5. The first-order valence-electron chi connectivity index (χ1n) is 6.87. The summed E-state index contributed by atoms with van der Waals surface area (Å²) in [7, 11) is 0. The molecule has 1 aliphatic rings. The molecule has 0 saturated heterocycles. The molecule has 0 radical (unpaired) electrons. The number of alkyl halides is 3. The second kappa shape index (κ2) is 5.39. The molecule has 0 saturated carbocycles. The van der Waals surface area contributed by atoms with Crippen LogP contribution in [0.5, 0.6) is 11.8 Å². The summed E-state index contributed by atoms with van der Waals surface area (Å²) in [4.78, 5) is 13.8. The zero-order chi connectivity index (χ0) is 17.5. The highest BCUT2D eigenvalue weighted by molar-refractivity contribution is 5.29. The summed E-state index contributed by atoms with van der Waals surface area (Å²) < 4.78 is 50.0. The normalized spacial score (nSPS) is 19.7. The lowest BCUT2D eigenvalue weighted by atomic mass is 10.1. The monoisotopic (exact) mass is 343 g/mol. The van der Waals surface area contributed by atoms with E-state index in [1.54, 1.807) is 6.92 Å². The van der Waals surface area contributed by atoms with E-state index in [2.05, 4.69) is 4.98 Å². The van der Waals surface area contributed by atoms with Crippen LogP contribution in [0, 0.1) is 10.1 Å². The van der Waals surface area contributed by atoms with Gasteiger partial charge in [-0.15, -0.1) is 0 Å². The molecule has 7 nitrogen and oxygen atoms in total. The Morgan fingerprint density at radius 3 is 2.62 bits per heavy atom. The molecular weight excluding hydrogens is 331 g/mol. The highest BCUT2D eigenvalue weighted by Gasteiger charge is 2.41. The number of ether oxygens (including phenoxy) is 2. The molecule has 0 amide bonds. The Kier molecular flexibility index (Phi) is 3.61. The van der Waals surface area contributed by atoms with Crippen molar-refractivity contribution in [3.63, 3.8) is 0 Å². The van der Waals surface area contributed by atoms with Gasteiger partial charge in [-0.1, -0.05) is 0 Å². The summed E-state index contributed by atoms with van der Waals surface area (Å²) in [5, 5.41) is 10.6. The fraction of sp³-hybridized carbons (Fsp3) is 0.357. The first-order valence-corrected chi connectivity index (χ1v) is 6.87. The van der Waals surface area contributed by atoms with Gasteiger partial charge in [-0.05, 0) is 36.1 Å². The number of halogens is 3. The van der Waals surface area contributed by atoms with E-state index >= 15 is 0 Å². The van der Waals surface area contributed by atoms with E-state index in [4.69, 9.17) is 9.47 Å². The fourth-order valence-corrected chi connectivity index (χ4v) is 2.33. The van der Waals surface area contributed by atoms with E-state index in [1.807, 2.05) is 0 Å². The van der Waals surface area contributed by atoms with Gasteiger partial charge in [0.1, 0.15) is 18.6 Å². The molecule has 0 spiro atoms. The van der Waals surface area contributed by atoms with E-state index in [-0.39, 0.29) is 30.7 Å². The van der Waals surface area contributed by atoms with Crippen LogP contribution in [0.4, 0.5) is 19.0 Å². The standard InChI is InChI=1S/C14H12F3N3O4/c1-13(7-19-6-11(20(21)22)18-12(19)24-13)8-23-10-4-2-9(3-5-10)14(15,16)17/h2-6H,7-8H2,1H3/t13-/m1/s1. The molecule has 1 atom stereocenters. The Morgan fingerprint density at radius 1 is 1.42 bits per heavy atom. The van der Waals surface area contributed by atoms with Crippen LogP contribution in [0.2, 0.25) is 0 Å². The Labute approximate surface area is 133 Å². The van der Waals surface area contributed by atoms with Crippen LogP contribution < -0.4 is 9.47 Å². The number of nitrogens with zero attached hydrogens (tertiary/aromatic N) is 3. The van der Waals surface area contributed by atoms with Crippen LogP contribution in [-0.4, -0.2) is 26.7 Å². The summed E-state index contributed by atoms with van der Waals surface area (Å²) in [5.41, 5.74) is -1.58. The third kappa shape index (κ3) is 3.12. The molecule has 0 unspecified atom stereocenters. The number of rotatable bonds is 4. The van der Waals surface area contributed by atoms with Crippen LogP contribution in [0.25, 0.3) is 0 Å². The van der Waals surface area contributed by atoms with Crippen molar-refractivity contribution in [1.29, 1.82) is 0 Å². The van der Waals surface area contributed by atoms with Crippen molar-refractivity contribution in [2.75, 3.05) is 6.61 Å². The largest absolute Gasteiger partial charge is 0.489 e. The van der Waals surface area contributed by atoms with Crippen molar-refractivity contribution in [1.82, 2.24) is 9.55 Å². The molecule has 1 aromatic heterocycles. The Bertz CT molecular complexity index is 747. The van der Waals surface area contributed by atoms with Gasteiger partial charge in [0, 0.05) is 4.98 Å². The molecule has 128 valence electrons. The van der Waals surface area contributed by atoms with Gasteiger partial charge < -0.3 is 19.6 Å². The van der Waals surface area contributed by atoms with Gasteiger partial charge in [-0.2, -0.15) is 13.2 Å².